The molecule has 3 N–H and O–H groups in total. The summed E-state index contributed by atoms with van der Waals surface area (Å²) in [7, 11) is 8.52. The number of aldehydes is 1. The van der Waals surface area contributed by atoms with Gasteiger partial charge < -0.3 is 75.1 Å². The van der Waals surface area contributed by atoms with Crippen LogP contribution in [0.25, 0.3) is 0 Å². The molecule has 0 saturated carbocycles. The summed E-state index contributed by atoms with van der Waals surface area (Å²) in [5.74, 6) is -4.37. The molecule has 0 spiro atoms. The standard InChI is InChI=1S/C12H10OP.C7H10O4.3C7H18O3Si.2C6H8O3.CH4/c13-14(11-7-3-1-4-8-11)12-9-5-2-6-10-12;1-5(3-4-8)7(10)11-6(2)9;3*1-8-6-5-7-11(4,9-2)10-3;2*1-4(2)6(8)9-5(3)7;/h1-10H;4-5,9H,2-3H2,1H3;3*5-7H2,1-4H3;2*7H,1,3H2,2H3;1H4/q+1;;;;;;;. The fourth-order valence-electron chi connectivity index (χ4n) is 4.60. The molecule has 0 aromatic heterocycles. The Morgan fingerprint density at radius 1 is 0.532 bits per heavy atom. The van der Waals surface area contributed by atoms with Crippen LogP contribution in [0.15, 0.2) is 123 Å². The second-order valence-electron chi connectivity index (χ2n) is 16.1. The summed E-state index contributed by atoms with van der Waals surface area (Å²) < 4.78 is 71.1. The van der Waals surface area contributed by atoms with Crippen molar-refractivity contribution in [3.8, 4) is 0 Å². The second kappa shape index (κ2) is 51.8. The number of aliphatic hydroxyl groups is 3. The van der Waals surface area contributed by atoms with Gasteiger partial charge in [0.2, 0.25) is 0 Å². The summed E-state index contributed by atoms with van der Waals surface area (Å²) in [5.41, 5.74) is 0.454. The van der Waals surface area contributed by atoms with E-state index in [4.69, 9.17) is 56.1 Å². The van der Waals surface area contributed by atoms with Crippen LogP contribution in [-0.4, -0.2) is 149 Å². The van der Waals surface area contributed by atoms with E-state index < -0.39 is 75.1 Å². The van der Waals surface area contributed by atoms with E-state index in [9.17, 15) is 23.7 Å². The van der Waals surface area contributed by atoms with E-state index in [0.717, 1.165) is 67.8 Å². The molecule has 2 aromatic carbocycles. The van der Waals surface area contributed by atoms with E-state index in [1.807, 2.05) is 60.7 Å². The van der Waals surface area contributed by atoms with Crippen LogP contribution in [0.3, 0.4) is 0 Å². The first kappa shape index (κ1) is 83.3. The number of carbonyl (C=O) groups excluding carboxylic acids is 4. The largest absolute Gasteiger partial charge is 0.481 e. The lowest BCUT2D eigenvalue weighted by atomic mass is 10.1. The average Bonchev–Trinajstić information content (AvgIpc) is 3.39. The molecule has 0 heterocycles. The Kier molecular flexibility index (Phi) is 56.0. The first-order chi connectivity index (χ1) is 35.6. The molecule has 0 aliphatic heterocycles. The van der Waals surface area contributed by atoms with E-state index in [2.05, 4.69) is 66.7 Å². The Labute approximate surface area is 464 Å². The first-order valence-corrected chi connectivity index (χ1v) is 32.3. The van der Waals surface area contributed by atoms with Gasteiger partial charge in [-0.1, -0.05) is 68.5 Å². The third-order valence-corrected chi connectivity index (χ3v) is 20.2. The summed E-state index contributed by atoms with van der Waals surface area (Å²) in [6, 6.07) is 22.0. The van der Waals surface area contributed by atoms with Gasteiger partial charge in [0.05, 0.1) is 5.92 Å². The lowest BCUT2D eigenvalue weighted by Crippen LogP contribution is -2.36. The summed E-state index contributed by atoms with van der Waals surface area (Å²) in [5, 5.41) is 26.8. The van der Waals surface area contributed by atoms with Crippen molar-refractivity contribution in [2.24, 2.45) is 5.92 Å². The van der Waals surface area contributed by atoms with Crippen molar-refractivity contribution in [3.63, 3.8) is 0 Å². The summed E-state index contributed by atoms with van der Waals surface area (Å²) in [6.45, 7) is 28.4. The van der Waals surface area contributed by atoms with E-state index >= 15 is 0 Å². The third-order valence-electron chi connectivity index (χ3n) is 9.70. The molecule has 24 heteroatoms. The van der Waals surface area contributed by atoms with Gasteiger partial charge in [0, 0.05) is 101 Å². The smallest absolute Gasteiger partial charge is 0.415 e. The van der Waals surface area contributed by atoms with Crippen molar-refractivity contribution in [2.45, 2.75) is 91.7 Å². The van der Waals surface area contributed by atoms with Gasteiger partial charge in [0.15, 0.2) is 10.6 Å². The molecular formula is C53H94O20PSi3+. The van der Waals surface area contributed by atoms with Crippen molar-refractivity contribution in [1.82, 2.24) is 0 Å². The van der Waals surface area contributed by atoms with Crippen LogP contribution in [0.4, 0.5) is 0 Å². The Bertz CT molecular complexity index is 1790. The molecule has 2 aromatic rings. The number of methoxy groups -OCH3 is 3. The van der Waals surface area contributed by atoms with Gasteiger partial charge in [-0.05, 0) is 115 Å². The lowest BCUT2D eigenvalue weighted by molar-refractivity contribution is -0.148. The van der Waals surface area contributed by atoms with Crippen molar-refractivity contribution < 1.29 is 94.0 Å². The maximum atomic E-state index is 12.0. The number of aliphatic hydroxyl groups excluding tert-OH is 3. The zero-order chi connectivity index (χ0) is 59.8. The monoisotopic (exact) mass is 1170 g/mol. The molecule has 0 aliphatic carbocycles. The molecule has 0 fully saturated rings. The Balaban J connectivity index is -0.000000192. The average molecular weight is 1170 g/mol. The van der Waals surface area contributed by atoms with E-state index in [-0.39, 0.29) is 25.0 Å². The quantitative estimate of drug-likeness (QED) is 0.0105. The van der Waals surface area contributed by atoms with Gasteiger partial charge in [-0.3, -0.25) is 4.79 Å². The van der Waals surface area contributed by atoms with Crippen LogP contribution in [0, 0.1) is 5.92 Å². The van der Waals surface area contributed by atoms with E-state index in [0.29, 0.717) is 6.29 Å². The number of hydrogen-bond acceptors (Lipinski definition) is 20. The van der Waals surface area contributed by atoms with Crippen molar-refractivity contribution in [3.05, 3.63) is 123 Å². The maximum Gasteiger partial charge on any atom is 0.415 e. The SMILES string of the molecule is C.C=C(O)OC(=O)C(=C)C.C=C(O)OC(=O)C(=C)C.C=C(O)OC(=O)C(C)CC=O.COCCC[Si](C)(OC)OC.COCCC[Si](C)(OC)OC.COCCC[Si](C)(OC)OC.O=[P+](c1ccccc1)c1ccccc1. The number of rotatable bonds is 28. The topological polar surface area (TPSA) is 257 Å². The van der Waals surface area contributed by atoms with Gasteiger partial charge in [-0.15, -0.1) is 0 Å². The molecule has 0 radical (unpaired) electrons. The van der Waals surface area contributed by atoms with E-state index in [1.165, 1.54) is 20.8 Å². The Morgan fingerprint density at radius 2 is 0.792 bits per heavy atom. The minimum atomic E-state index is -1.81. The highest BCUT2D eigenvalue weighted by molar-refractivity contribution is 7.61. The first-order valence-electron chi connectivity index (χ1n) is 23.5. The van der Waals surface area contributed by atoms with Gasteiger partial charge in [-0.25, -0.2) is 9.59 Å². The molecule has 0 bridgehead atoms. The molecule has 1 atom stereocenters. The molecule has 0 amide bonds. The fraction of sp³-hybridized carbons (Fsp3) is 0.509. The summed E-state index contributed by atoms with van der Waals surface area (Å²) >= 11 is 0. The molecule has 0 aliphatic rings. The molecular weight excluding hydrogens is 1070 g/mol. The predicted octanol–water partition coefficient (Wildman–Crippen LogP) is 10.3. The molecule has 77 heavy (non-hydrogen) atoms. The highest BCUT2D eigenvalue weighted by Crippen LogP contribution is 2.19. The Morgan fingerprint density at radius 3 is 0.974 bits per heavy atom. The minimum absolute atomic E-state index is 0. The normalized spacial score (nSPS) is 10.5. The molecule has 442 valence electrons. The number of esters is 3. The van der Waals surface area contributed by atoms with Gasteiger partial charge in [0.25, 0.3) is 17.8 Å². The predicted molar refractivity (Wildman–Crippen MR) is 310 cm³/mol. The zero-order valence-electron chi connectivity index (χ0n) is 47.8. The molecule has 0 saturated heterocycles. The number of benzene rings is 2. The second-order valence-corrected chi connectivity index (χ2v) is 28.5. The number of ether oxygens (including phenoxy) is 6. The van der Waals surface area contributed by atoms with Crippen molar-refractivity contribution >= 4 is 68.3 Å². The highest BCUT2D eigenvalue weighted by Gasteiger charge is 2.29. The molecule has 2 rings (SSSR count). The van der Waals surface area contributed by atoms with Gasteiger partial charge in [-0.2, -0.15) is 0 Å². The third kappa shape index (κ3) is 50.3. The zero-order valence-corrected chi connectivity index (χ0v) is 51.7. The fourth-order valence-corrected chi connectivity index (χ4v) is 9.87. The Hall–Kier alpha value is -4.99. The van der Waals surface area contributed by atoms with Crippen LogP contribution in [0.2, 0.25) is 37.8 Å². The van der Waals surface area contributed by atoms with Crippen LogP contribution in [-0.2, 0) is 78.7 Å². The van der Waals surface area contributed by atoms with Crippen molar-refractivity contribution in [1.29, 1.82) is 0 Å². The van der Waals surface area contributed by atoms with Crippen LogP contribution in [0.1, 0.15) is 53.9 Å². The van der Waals surface area contributed by atoms with Crippen LogP contribution in [0.5, 0.6) is 0 Å². The van der Waals surface area contributed by atoms with Crippen molar-refractivity contribution in [2.75, 3.05) is 83.8 Å². The maximum absolute atomic E-state index is 12.0. The van der Waals surface area contributed by atoms with Gasteiger partial charge >= 0.3 is 51.4 Å². The van der Waals surface area contributed by atoms with Crippen LogP contribution < -0.4 is 10.6 Å². The van der Waals surface area contributed by atoms with Crippen LogP contribution >= 0.6 is 7.80 Å². The summed E-state index contributed by atoms with van der Waals surface area (Å²) in [6.07, 6.45) is 3.75. The molecule has 1 unspecified atom stereocenters. The lowest BCUT2D eigenvalue weighted by Gasteiger charge is -2.22. The minimum Gasteiger partial charge on any atom is -0.481 e. The van der Waals surface area contributed by atoms with Gasteiger partial charge in [0.1, 0.15) is 6.29 Å². The highest BCUT2D eigenvalue weighted by atomic mass is 31.1. The van der Waals surface area contributed by atoms with E-state index in [1.54, 1.807) is 64.0 Å². The number of hydrogen-bond donors (Lipinski definition) is 3. The molecule has 20 nitrogen and oxygen atoms in total. The number of carbonyl (C=O) groups is 4. The summed E-state index contributed by atoms with van der Waals surface area (Å²) in [4.78, 5) is 41.5.